The molecule has 3 heterocycles. The lowest BCUT2D eigenvalue weighted by Gasteiger charge is -2.34. The summed E-state index contributed by atoms with van der Waals surface area (Å²) < 4.78 is 7.46. The molecule has 3 aromatic rings. The maximum absolute atomic E-state index is 13.2. The number of hydrogen-bond acceptors (Lipinski definition) is 5. The molecule has 2 N–H and O–H groups in total. The summed E-state index contributed by atoms with van der Waals surface area (Å²) >= 11 is 0. The minimum absolute atomic E-state index is 0.0206. The van der Waals surface area contributed by atoms with E-state index < -0.39 is 0 Å². The number of hydrogen-bond donors (Lipinski definition) is 2. The minimum Gasteiger partial charge on any atom is -0.508 e. The van der Waals surface area contributed by atoms with Gasteiger partial charge in [-0.15, -0.1) is 0 Å². The Morgan fingerprint density at radius 2 is 2.07 bits per heavy atom. The molecule has 2 aromatic heterocycles. The first-order valence-electron chi connectivity index (χ1n) is 9.85. The molecule has 4 rings (SSSR count). The van der Waals surface area contributed by atoms with E-state index in [0.29, 0.717) is 25.3 Å². The molecule has 7 heteroatoms. The Labute approximate surface area is 169 Å². The van der Waals surface area contributed by atoms with E-state index in [1.165, 1.54) is 0 Å². The van der Waals surface area contributed by atoms with E-state index in [2.05, 4.69) is 15.2 Å². The molecule has 1 amide bonds. The van der Waals surface area contributed by atoms with E-state index >= 15 is 0 Å². The number of morpholine rings is 1. The van der Waals surface area contributed by atoms with Crippen LogP contribution in [-0.4, -0.2) is 58.3 Å². The van der Waals surface area contributed by atoms with Crippen molar-refractivity contribution in [1.29, 1.82) is 0 Å². The van der Waals surface area contributed by atoms with Gasteiger partial charge in [-0.3, -0.25) is 14.7 Å². The van der Waals surface area contributed by atoms with Crippen LogP contribution in [0.3, 0.4) is 0 Å². The zero-order valence-electron chi connectivity index (χ0n) is 16.8. The first kappa shape index (κ1) is 19.4. The lowest BCUT2D eigenvalue weighted by atomic mass is 10.1. The number of aromatic hydroxyl groups is 1. The monoisotopic (exact) mass is 394 g/mol. The van der Waals surface area contributed by atoms with Crippen molar-refractivity contribution in [2.45, 2.75) is 13.0 Å². The predicted molar refractivity (Wildman–Crippen MR) is 111 cm³/mol. The van der Waals surface area contributed by atoms with Crippen LogP contribution in [0.2, 0.25) is 0 Å². The lowest BCUT2D eigenvalue weighted by Crippen LogP contribution is -2.44. The van der Waals surface area contributed by atoms with Gasteiger partial charge in [0.25, 0.3) is 5.91 Å². The van der Waals surface area contributed by atoms with Gasteiger partial charge >= 0.3 is 0 Å². The number of benzene rings is 1. The number of phenols is 1. The molecule has 1 aliphatic rings. The fraction of sp³-hybridized carbons (Fsp3) is 0.364. The highest BCUT2D eigenvalue weighted by Gasteiger charge is 2.25. The first-order chi connectivity index (χ1) is 14.1. The fourth-order valence-corrected chi connectivity index (χ4v) is 4.01. The van der Waals surface area contributed by atoms with Gasteiger partial charge in [0.05, 0.1) is 30.5 Å². The summed E-state index contributed by atoms with van der Waals surface area (Å²) in [5.74, 6) is 0.00437. The number of phenolic OH excluding ortho intramolecular Hbond substituents is 1. The van der Waals surface area contributed by atoms with Crippen molar-refractivity contribution in [2.24, 2.45) is 7.05 Å². The Morgan fingerprint density at radius 3 is 2.79 bits per heavy atom. The number of aryl methyl sites for hydroxylation is 1. The van der Waals surface area contributed by atoms with Crippen LogP contribution >= 0.6 is 0 Å². The van der Waals surface area contributed by atoms with Crippen molar-refractivity contribution in [3.63, 3.8) is 0 Å². The quantitative estimate of drug-likeness (QED) is 0.695. The number of nitrogens with one attached hydrogen (secondary N) is 1. The van der Waals surface area contributed by atoms with Crippen molar-refractivity contribution in [3.05, 3.63) is 59.5 Å². The number of carbonyl (C=O) groups excluding carboxylic acids is 1. The van der Waals surface area contributed by atoms with E-state index in [-0.39, 0.29) is 17.7 Å². The molecule has 7 nitrogen and oxygen atoms in total. The minimum atomic E-state index is -0.145. The van der Waals surface area contributed by atoms with Gasteiger partial charge in [-0.1, -0.05) is 6.07 Å². The number of ether oxygens (including phenoxy) is 1. The molecule has 0 radical (unpaired) electrons. The number of pyridine rings is 1. The molecule has 1 aromatic carbocycles. The van der Waals surface area contributed by atoms with Gasteiger partial charge in [-0.25, -0.2) is 0 Å². The van der Waals surface area contributed by atoms with Crippen LogP contribution in [0.15, 0.2) is 42.6 Å². The molecule has 0 spiro atoms. The summed E-state index contributed by atoms with van der Waals surface area (Å²) in [4.78, 5) is 20.0. The summed E-state index contributed by atoms with van der Waals surface area (Å²) in [6, 6.07) is 11.0. The largest absolute Gasteiger partial charge is 0.508 e. The van der Waals surface area contributed by atoms with Crippen LogP contribution < -0.4 is 5.32 Å². The Balaban J connectivity index is 1.59. The van der Waals surface area contributed by atoms with Crippen LogP contribution in [0.5, 0.6) is 5.75 Å². The second-order valence-electron chi connectivity index (χ2n) is 7.35. The molecule has 1 unspecified atom stereocenters. The molecule has 1 fully saturated rings. The Kier molecular flexibility index (Phi) is 5.51. The van der Waals surface area contributed by atoms with Crippen LogP contribution in [0.25, 0.3) is 10.9 Å². The number of fused-ring (bicyclic) bond motifs is 1. The summed E-state index contributed by atoms with van der Waals surface area (Å²) in [6.45, 7) is 5.34. The van der Waals surface area contributed by atoms with Crippen molar-refractivity contribution < 1.29 is 14.6 Å². The lowest BCUT2D eigenvalue weighted by molar-refractivity contribution is 0.0154. The molecular formula is C22H26N4O3. The Morgan fingerprint density at radius 1 is 1.28 bits per heavy atom. The second-order valence-corrected chi connectivity index (χ2v) is 7.35. The smallest absolute Gasteiger partial charge is 0.253 e. The van der Waals surface area contributed by atoms with Crippen LogP contribution in [0.1, 0.15) is 27.8 Å². The average molecular weight is 394 g/mol. The average Bonchev–Trinajstić information content (AvgIpc) is 2.99. The highest BCUT2D eigenvalue weighted by Crippen LogP contribution is 2.28. The summed E-state index contributed by atoms with van der Waals surface area (Å²) in [5.41, 5.74) is 3.31. The fourth-order valence-electron chi connectivity index (χ4n) is 4.01. The second kappa shape index (κ2) is 8.23. The number of rotatable bonds is 5. The van der Waals surface area contributed by atoms with Gasteiger partial charge in [0, 0.05) is 49.5 Å². The zero-order chi connectivity index (χ0) is 20.4. The van der Waals surface area contributed by atoms with E-state index in [1.54, 1.807) is 18.3 Å². The number of amides is 1. The first-order valence-corrected chi connectivity index (χ1v) is 9.85. The Bertz CT molecular complexity index is 1010. The molecule has 0 aliphatic carbocycles. The van der Waals surface area contributed by atoms with Gasteiger partial charge in [0.15, 0.2) is 0 Å². The Hall–Kier alpha value is -2.90. The number of carbonyl (C=O) groups is 1. The standard InChI is InChI=1S/C22H26N4O3/c1-15-21(17-13-16(27)6-7-19(17)25(15)2)22(28)24-14-20(18-5-3-4-8-23-18)26-9-11-29-12-10-26/h3-8,13,20,27H,9-12,14H2,1-2H3,(H,24,28). The SMILES string of the molecule is Cc1c(C(=O)NCC(c2ccccn2)N2CCOCC2)c2cc(O)ccc2n1C. The third-order valence-corrected chi connectivity index (χ3v) is 5.67. The topological polar surface area (TPSA) is 79.6 Å². The molecule has 29 heavy (non-hydrogen) atoms. The molecule has 0 saturated carbocycles. The summed E-state index contributed by atoms with van der Waals surface area (Å²) in [6.07, 6.45) is 1.78. The van der Waals surface area contributed by atoms with Crippen LogP contribution in [0, 0.1) is 6.92 Å². The van der Waals surface area contributed by atoms with Gasteiger partial charge < -0.3 is 19.7 Å². The van der Waals surface area contributed by atoms with Crippen LogP contribution in [0.4, 0.5) is 0 Å². The third-order valence-electron chi connectivity index (χ3n) is 5.67. The molecular weight excluding hydrogens is 368 g/mol. The predicted octanol–water partition coefficient (Wildman–Crippen LogP) is 2.39. The summed E-state index contributed by atoms with van der Waals surface area (Å²) in [7, 11) is 1.93. The van der Waals surface area contributed by atoms with E-state index in [1.807, 2.05) is 42.8 Å². The van der Waals surface area contributed by atoms with Gasteiger partial charge in [0.2, 0.25) is 0 Å². The molecule has 1 saturated heterocycles. The third kappa shape index (κ3) is 3.83. The maximum atomic E-state index is 13.2. The molecule has 152 valence electrons. The number of nitrogens with zero attached hydrogens (tertiary/aromatic N) is 3. The van der Waals surface area contributed by atoms with Crippen molar-refractivity contribution >= 4 is 16.8 Å². The maximum Gasteiger partial charge on any atom is 0.253 e. The normalized spacial score (nSPS) is 16.1. The molecule has 0 bridgehead atoms. The highest BCUT2D eigenvalue weighted by atomic mass is 16.5. The van der Waals surface area contributed by atoms with Crippen molar-refractivity contribution in [3.8, 4) is 5.75 Å². The molecule has 1 atom stereocenters. The highest BCUT2D eigenvalue weighted by molar-refractivity contribution is 6.08. The van der Waals surface area contributed by atoms with Gasteiger partial charge in [-0.2, -0.15) is 0 Å². The van der Waals surface area contributed by atoms with Crippen molar-refractivity contribution in [2.75, 3.05) is 32.8 Å². The summed E-state index contributed by atoms with van der Waals surface area (Å²) in [5, 5.41) is 13.8. The van der Waals surface area contributed by atoms with Crippen molar-refractivity contribution in [1.82, 2.24) is 19.8 Å². The number of aromatic nitrogens is 2. The molecule has 1 aliphatic heterocycles. The van der Waals surface area contributed by atoms with E-state index in [4.69, 9.17) is 4.74 Å². The van der Waals surface area contributed by atoms with Gasteiger partial charge in [0.1, 0.15) is 5.75 Å². The zero-order valence-corrected chi connectivity index (χ0v) is 16.8. The van der Waals surface area contributed by atoms with E-state index in [0.717, 1.165) is 35.4 Å². The van der Waals surface area contributed by atoms with E-state index in [9.17, 15) is 9.90 Å². The van der Waals surface area contributed by atoms with Gasteiger partial charge in [-0.05, 0) is 37.3 Å². The van der Waals surface area contributed by atoms with Crippen LogP contribution in [-0.2, 0) is 11.8 Å².